The second kappa shape index (κ2) is 5.63. The van der Waals surface area contributed by atoms with Gasteiger partial charge in [0, 0.05) is 0 Å². The van der Waals surface area contributed by atoms with Crippen LogP contribution in [-0.4, -0.2) is 12.6 Å². The first-order valence-corrected chi connectivity index (χ1v) is 4.18. The van der Waals surface area contributed by atoms with E-state index in [1.54, 1.807) is 6.92 Å². The minimum Gasteiger partial charge on any atom is -0.466 e. The summed E-state index contributed by atoms with van der Waals surface area (Å²) in [5.74, 6) is 0.0994. The molecule has 0 rings (SSSR count). The molecule has 0 heterocycles. The molecule has 3 heteroatoms. The summed E-state index contributed by atoms with van der Waals surface area (Å²) in [6, 6.07) is 0. The van der Waals surface area contributed by atoms with Gasteiger partial charge < -0.3 is 10.5 Å². The Balaban J connectivity index is 3.96. The Bertz CT molecular complexity index is 173. The number of carbonyl (C=O) groups is 1. The first-order valence-electron chi connectivity index (χ1n) is 4.18. The number of carbonyl (C=O) groups excluding carboxylic acids is 1. The highest BCUT2D eigenvalue weighted by Crippen LogP contribution is 2.12. The molecular weight excluding hydrogens is 154 g/mol. The van der Waals surface area contributed by atoms with Gasteiger partial charge in [0.1, 0.15) is 0 Å². The van der Waals surface area contributed by atoms with Gasteiger partial charge in [-0.05, 0) is 24.6 Å². The topological polar surface area (TPSA) is 52.3 Å². The third-order valence-corrected chi connectivity index (χ3v) is 1.61. The molecule has 0 aromatic carbocycles. The molecule has 0 amide bonds. The van der Waals surface area contributed by atoms with E-state index in [-0.39, 0.29) is 5.97 Å². The van der Waals surface area contributed by atoms with Crippen LogP contribution in [0.3, 0.4) is 0 Å². The van der Waals surface area contributed by atoms with Crippen LogP contribution in [0.25, 0.3) is 0 Å². The Hall–Kier alpha value is -0.990. The minimum atomic E-state index is -0.206. The lowest BCUT2D eigenvalue weighted by Crippen LogP contribution is -2.09. The first kappa shape index (κ1) is 11.0. The average molecular weight is 171 g/mol. The molecule has 0 aliphatic carbocycles. The highest BCUT2D eigenvalue weighted by molar-refractivity contribution is 5.72. The fourth-order valence-electron chi connectivity index (χ4n) is 0.834. The monoisotopic (exact) mass is 171 g/mol. The summed E-state index contributed by atoms with van der Waals surface area (Å²) in [4.78, 5) is 11.0. The van der Waals surface area contributed by atoms with Crippen molar-refractivity contribution in [3.05, 3.63) is 11.8 Å². The van der Waals surface area contributed by atoms with E-state index in [9.17, 15) is 4.79 Å². The third kappa shape index (κ3) is 4.01. The van der Waals surface area contributed by atoms with Gasteiger partial charge in [0.05, 0.1) is 13.0 Å². The number of hydrogen-bond acceptors (Lipinski definition) is 3. The van der Waals surface area contributed by atoms with E-state index in [4.69, 9.17) is 10.5 Å². The van der Waals surface area contributed by atoms with Crippen LogP contribution in [0.4, 0.5) is 0 Å². The van der Waals surface area contributed by atoms with Crippen molar-refractivity contribution in [2.24, 2.45) is 11.7 Å². The van der Waals surface area contributed by atoms with Crippen LogP contribution in [0.2, 0.25) is 0 Å². The van der Waals surface area contributed by atoms with E-state index in [2.05, 4.69) is 0 Å². The largest absolute Gasteiger partial charge is 0.466 e. The highest BCUT2D eigenvalue weighted by atomic mass is 16.5. The number of esters is 1. The lowest BCUT2D eigenvalue weighted by atomic mass is 10.0. The molecule has 0 aromatic rings. The molecule has 0 aromatic heterocycles. The first-order chi connectivity index (χ1) is 5.61. The van der Waals surface area contributed by atoms with Gasteiger partial charge in [0.15, 0.2) is 0 Å². The fraction of sp³-hybridized carbons (Fsp3) is 0.667. The standard InChI is InChI=1S/C9H17NO2/c1-4-12-9(11)5-8(6-10)7(2)3/h6-7H,4-5,10H2,1-3H3/b8-6-. The molecule has 0 aliphatic heterocycles. The quantitative estimate of drug-likeness (QED) is 0.651. The summed E-state index contributed by atoms with van der Waals surface area (Å²) in [5.41, 5.74) is 6.27. The molecule has 0 radical (unpaired) electrons. The SMILES string of the molecule is CCOC(=O)C/C(=C/N)C(C)C. The van der Waals surface area contributed by atoms with Crippen molar-refractivity contribution in [1.29, 1.82) is 0 Å². The predicted molar refractivity (Wildman–Crippen MR) is 48.4 cm³/mol. The zero-order chi connectivity index (χ0) is 9.56. The zero-order valence-corrected chi connectivity index (χ0v) is 7.96. The van der Waals surface area contributed by atoms with E-state index in [0.29, 0.717) is 18.9 Å². The van der Waals surface area contributed by atoms with Gasteiger partial charge >= 0.3 is 5.97 Å². The van der Waals surface area contributed by atoms with Gasteiger partial charge in [-0.25, -0.2) is 0 Å². The van der Waals surface area contributed by atoms with Crippen LogP contribution >= 0.6 is 0 Å². The molecule has 2 N–H and O–H groups in total. The summed E-state index contributed by atoms with van der Waals surface area (Å²) in [6.07, 6.45) is 1.80. The Morgan fingerprint density at radius 2 is 2.17 bits per heavy atom. The Kier molecular flexibility index (Phi) is 5.17. The smallest absolute Gasteiger partial charge is 0.309 e. The second-order valence-electron chi connectivity index (χ2n) is 2.88. The molecule has 0 saturated carbocycles. The molecule has 0 atom stereocenters. The number of nitrogens with two attached hydrogens (primary N) is 1. The van der Waals surface area contributed by atoms with Gasteiger partial charge in [0.25, 0.3) is 0 Å². The molecule has 12 heavy (non-hydrogen) atoms. The van der Waals surface area contributed by atoms with Crippen LogP contribution in [0.15, 0.2) is 11.8 Å². The van der Waals surface area contributed by atoms with Crippen molar-refractivity contribution in [1.82, 2.24) is 0 Å². The van der Waals surface area contributed by atoms with Crippen molar-refractivity contribution in [2.45, 2.75) is 27.2 Å². The molecule has 0 spiro atoms. The van der Waals surface area contributed by atoms with Gasteiger partial charge in [-0.15, -0.1) is 0 Å². The summed E-state index contributed by atoms with van der Waals surface area (Å²) < 4.78 is 4.79. The molecule has 0 unspecified atom stereocenters. The van der Waals surface area contributed by atoms with Crippen LogP contribution in [0.1, 0.15) is 27.2 Å². The highest BCUT2D eigenvalue weighted by Gasteiger charge is 2.09. The van der Waals surface area contributed by atoms with Gasteiger partial charge in [-0.1, -0.05) is 13.8 Å². The molecule has 0 bridgehead atoms. The van der Waals surface area contributed by atoms with Gasteiger partial charge in [-0.3, -0.25) is 4.79 Å². The van der Waals surface area contributed by atoms with Gasteiger partial charge in [-0.2, -0.15) is 0 Å². The normalized spacial score (nSPS) is 11.8. The second-order valence-corrected chi connectivity index (χ2v) is 2.88. The number of ether oxygens (including phenoxy) is 1. The van der Waals surface area contributed by atoms with Crippen LogP contribution in [-0.2, 0) is 9.53 Å². The number of rotatable bonds is 4. The van der Waals surface area contributed by atoms with Crippen LogP contribution in [0, 0.1) is 5.92 Å². The van der Waals surface area contributed by atoms with Crippen molar-refractivity contribution in [3.63, 3.8) is 0 Å². The third-order valence-electron chi connectivity index (χ3n) is 1.61. The van der Waals surface area contributed by atoms with E-state index in [1.807, 2.05) is 13.8 Å². The van der Waals surface area contributed by atoms with E-state index < -0.39 is 0 Å². The Labute approximate surface area is 73.6 Å². The Morgan fingerprint density at radius 3 is 2.50 bits per heavy atom. The van der Waals surface area contributed by atoms with E-state index >= 15 is 0 Å². The number of hydrogen-bond donors (Lipinski definition) is 1. The van der Waals surface area contributed by atoms with Gasteiger partial charge in [0.2, 0.25) is 0 Å². The molecule has 0 fully saturated rings. The molecule has 3 nitrogen and oxygen atoms in total. The maximum absolute atomic E-state index is 11.0. The molecular formula is C9H17NO2. The summed E-state index contributed by atoms with van der Waals surface area (Å²) in [7, 11) is 0. The lowest BCUT2D eigenvalue weighted by Gasteiger charge is -2.08. The van der Waals surface area contributed by atoms with E-state index in [0.717, 1.165) is 5.57 Å². The summed E-state index contributed by atoms with van der Waals surface area (Å²) in [5, 5.41) is 0. The molecule has 0 aliphatic rings. The molecule has 0 saturated heterocycles. The summed E-state index contributed by atoms with van der Waals surface area (Å²) >= 11 is 0. The maximum Gasteiger partial charge on any atom is 0.309 e. The maximum atomic E-state index is 11.0. The summed E-state index contributed by atoms with van der Waals surface area (Å²) in [6.45, 7) is 6.21. The van der Waals surface area contributed by atoms with Crippen molar-refractivity contribution < 1.29 is 9.53 Å². The van der Waals surface area contributed by atoms with Crippen LogP contribution < -0.4 is 5.73 Å². The Morgan fingerprint density at radius 1 is 1.58 bits per heavy atom. The van der Waals surface area contributed by atoms with Crippen molar-refractivity contribution in [3.8, 4) is 0 Å². The predicted octanol–water partition coefficient (Wildman–Crippen LogP) is 1.44. The zero-order valence-electron chi connectivity index (χ0n) is 7.96. The van der Waals surface area contributed by atoms with Crippen molar-refractivity contribution in [2.75, 3.05) is 6.61 Å². The lowest BCUT2D eigenvalue weighted by molar-refractivity contribution is -0.142. The van der Waals surface area contributed by atoms with Crippen LogP contribution in [0.5, 0.6) is 0 Å². The minimum absolute atomic E-state index is 0.206. The van der Waals surface area contributed by atoms with E-state index in [1.165, 1.54) is 6.20 Å². The fourth-order valence-corrected chi connectivity index (χ4v) is 0.834. The van der Waals surface area contributed by atoms with Crippen molar-refractivity contribution >= 4 is 5.97 Å². The molecule has 70 valence electrons. The average Bonchev–Trinajstić information content (AvgIpc) is 2.00.